The number of fused-ring (bicyclic) bond motifs is 1. The normalized spacial score (nSPS) is 20.9. The zero-order chi connectivity index (χ0) is 21.4. The summed E-state index contributed by atoms with van der Waals surface area (Å²) < 4.78 is 5.49. The Balaban J connectivity index is 1.35. The molecular weight excluding hydrogens is 398 g/mol. The third-order valence-electron chi connectivity index (χ3n) is 7.60. The average molecular weight is 430 g/mol. The highest BCUT2D eigenvalue weighted by atomic mass is 16.5. The van der Waals surface area contributed by atoms with Crippen molar-refractivity contribution in [1.29, 1.82) is 0 Å². The van der Waals surface area contributed by atoms with E-state index in [0.717, 1.165) is 67.5 Å². The van der Waals surface area contributed by atoms with Crippen LogP contribution in [0, 0.1) is 5.41 Å². The summed E-state index contributed by atoms with van der Waals surface area (Å²) in [6.45, 7) is 5.65. The second-order valence-corrected chi connectivity index (χ2v) is 9.63. The SMILES string of the molecule is c1cnc2c(N3CCCC4(CCCC4)C3)nc(-c3ccc(N4CCOCC4)cc3)cc2n1. The minimum atomic E-state index is 0.476. The van der Waals surface area contributed by atoms with E-state index in [9.17, 15) is 0 Å². The first-order valence-electron chi connectivity index (χ1n) is 12.1. The molecule has 2 aromatic heterocycles. The molecule has 166 valence electrons. The summed E-state index contributed by atoms with van der Waals surface area (Å²) in [5, 5.41) is 0. The van der Waals surface area contributed by atoms with Gasteiger partial charge < -0.3 is 14.5 Å². The van der Waals surface area contributed by atoms with Gasteiger partial charge in [0.25, 0.3) is 0 Å². The van der Waals surface area contributed by atoms with E-state index in [0.29, 0.717) is 5.41 Å². The fourth-order valence-electron chi connectivity index (χ4n) is 5.91. The van der Waals surface area contributed by atoms with Crippen LogP contribution in [0.25, 0.3) is 22.3 Å². The maximum absolute atomic E-state index is 5.49. The van der Waals surface area contributed by atoms with E-state index in [1.807, 2.05) is 0 Å². The molecule has 2 aliphatic heterocycles. The minimum absolute atomic E-state index is 0.476. The number of rotatable bonds is 3. The van der Waals surface area contributed by atoms with E-state index in [4.69, 9.17) is 14.7 Å². The predicted octanol–water partition coefficient (Wildman–Crippen LogP) is 4.69. The molecule has 0 atom stereocenters. The lowest BCUT2D eigenvalue weighted by Crippen LogP contribution is -2.42. The lowest BCUT2D eigenvalue weighted by molar-refractivity contribution is 0.122. The van der Waals surface area contributed by atoms with Crippen molar-refractivity contribution in [3.63, 3.8) is 0 Å². The molecule has 32 heavy (non-hydrogen) atoms. The van der Waals surface area contributed by atoms with Crippen molar-refractivity contribution >= 4 is 22.5 Å². The van der Waals surface area contributed by atoms with E-state index in [1.54, 1.807) is 12.4 Å². The first-order valence-corrected chi connectivity index (χ1v) is 12.1. The van der Waals surface area contributed by atoms with Gasteiger partial charge in [0, 0.05) is 49.8 Å². The van der Waals surface area contributed by atoms with Crippen molar-refractivity contribution in [3.8, 4) is 11.3 Å². The minimum Gasteiger partial charge on any atom is -0.378 e. The lowest BCUT2D eigenvalue weighted by atomic mass is 9.78. The summed E-state index contributed by atoms with van der Waals surface area (Å²) in [7, 11) is 0. The number of aromatic nitrogens is 3. The zero-order valence-corrected chi connectivity index (χ0v) is 18.7. The Morgan fingerprint density at radius 1 is 0.812 bits per heavy atom. The van der Waals surface area contributed by atoms with Crippen molar-refractivity contribution in [2.45, 2.75) is 38.5 Å². The van der Waals surface area contributed by atoms with Gasteiger partial charge in [0.05, 0.1) is 24.4 Å². The topological polar surface area (TPSA) is 54.4 Å². The molecule has 2 saturated heterocycles. The summed E-state index contributed by atoms with van der Waals surface area (Å²) >= 11 is 0. The van der Waals surface area contributed by atoms with Crippen LogP contribution < -0.4 is 9.80 Å². The number of hydrogen-bond donors (Lipinski definition) is 0. The number of benzene rings is 1. The summed E-state index contributed by atoms with van der Waals surface area (Å²) in [5.41, 5.74) is 5.68. The first kappa shape index (κ1) is 19.9. The van der Waals surface area contributed by atoms with Gasteiger partial charge in [-0.25, -0.2) is 9.97 Å². The highest BCUT2D eigenvalue weighted by Crippen LogP contribution is 2.46. The Hall–Kier alpha value is -2.73. The molecule has 0 bridgehead atoms. The third kappa shape index (κ3) is 3.71. The van der Waals surface area contributed by atoms with Gasteiger partial charge in [0.15, 0.2) is 5.82 Å². The number of morpholine rings is 1. The van der Waals surface area contributed by atoms with Gasteiger partial charge in [-0.15, -0.1) is 0 Å². The number of hydrogen-bond acceptors (Lipinski definition) is 6. The molecule has 0 radical (unpaired) electrons. The maximum Gasteiger partial charge on any atom is 0.157 e. The molecule has 6 rings (SSSR count). The molecule has 0 unspecified atom stereocenters. The standard InChI is InChI=1S/C26H31N5O/c1-2-9-26(8-1)10-3-13-31(19-26)25-24-23(27-11-12-28-24)18-22(29-25)20-4-6-21(7-5-20)30-14-16-32-17-15-30/h4-7,11-12,18H,1-3,8-10,13-17,19H2. The second kappa shape index (κ2) is 8.32. The molecule has 1 saturated carbocycles. The van der Waals surface area contributed by atoms with Crippen LogP contribution in [0.4, 0.5) is 11.5 Å². The lowest BCUT2D eigenvalue weighted by Gasteiger charge is -2.41. The fraction of sp³-hybridized carbons (Fsp3) is 0.500. The summed E-state index contributed by atoms with van der Waals surface area (Å²) in [4.78, 5) is 19.4. The highest BCUT2D eigenvalue weighted by molar-refractivity contribution is 5.89. The van der Waals surface area contributed by atoms with E-state index in [2.05, 4.69) is 45.1 Å². The molecular formula is C26H31N5O. The Morgan fingerprint density at radius 2 is 1.56 bits per heavy atom. The Kier molecular flexibility index (Phi) is 5.18. The Bertz CT molecular complexity index is 1090. The van der Waals surface area contributed by atoms with Crippen LogP contribution in [0.1, 0.15) is 38.5 Å². The van der Waals surface area contributed by atoms with Crippen LogP contribution >= 0.6 is 0 Å². The predicted molar refractivity (Wildman–Crippen MR) is 128 cm³/mol. The Labute approximate surface area is 189 Å². The molecule has 0 amide bonds. The molecule has 3 aliphatic rings. The van der Waals surface area contributed by atoms with Gasteiger partial charge in [-0.05, 0) is 49.3 Å². The molecule has 0 N–H and O–H groups in total. The molecule has 1 aromatic carbocycles. The third-order valence-corrected chi connectivity index (χ3v) is 7.60. The number of pyridine rings is 1. The van der Waals surface area contributed by atoms with Crippen LogP contribution in [-0.2, 0) is 4.74 Å². The molecule has 6 heteroatoms. The van der Waals surface area contributed by atoms with E-state index in [-0.39, 0.29) is 0 Å². The number of piperidine rings is 1. The van der Waals surface area contributed by atoms with Gasteiger partial charge in [0.1, 0.15) is 5.52 Å². The molecule has 4 heterocycles. The van der Waals surface area contributed by atoms with Crippen molar-refractivity contribution in [2.24, 2.45) is 5.41 Å². The first-order chi connectivity index (χ1) is 15.8. The van der Waals surface area contributed by atoms with Crippen LogP contribution in [0.15, 0.2) is 42.7 Å². The summed E-state index contributed by atoms with van der Waals surface area (Å²) in [6, 6.07) is 10.9. The number of anilines is 2. The quantitative estimate of drug-likeness (QED) is 0.602. The number of nitrogens with zero attached hydrogens (tertiary/aromatic N) is 5. The Morgan fingerprint density at radius 3 is 2.38 bits per heavy atom. The van der Waals surface area contributed by atoms with Gasteiger partial charge in [0.2, 0.25) is 0 Å². The van der Waals surface area contributed by atoms with E-state index >= 15 is 0 Å². The summed E-state index contributed by atoms with van der Waals surface area (Å²) in [5.74, 6) is 1.01. The van der Waals surface area contributed by atoms with E-state index < -0.39 is 0 Å². The monoisotopic (exact) mass is 429 g/mol. The van der Waals surface area contributed by atoms with Crippen LogP contribution in [-0.4, -0.2) is 54.3 Å². The molecule has 3 aromatic rings. The highest BCUT2D eigenvalue weighted by Gasteiger charge is 2.38. The van der Waals surface area contributed by atoms with Gasteiger partial charge in [-0.2, -0.15) is 0 Å². The molecule has 3 fully saturated rings. The molecule has 1 aliphatic carbocycles. The molecule has 1 spiro atoms. The van der Waals surface area contributed by atoms with Crippen LogP contribution in [0.5, 0.6) is 0 Å². The number of ether oxygens (including phenoxy) is 1. The molecule has 6 nitrogen and oxygen atoms in total. The van der Waals surface area contributed by atoms with Crippen molar-refractivity contribution in [2.75, 3.05) is 49.2 Å². The zero-order valence-electron chi connectivity index (χ0n) is 18.7. The van der Waals surface area contributed by atoms with Gasteiger partial charge in [-0.3, -0.25) is 4.98 Å². The average Bonchev–Trinajstić information content (AvgIpc) is 3.31. The van der Waals surface area contributed by atoms with Crippen molar-refractivity contribution in [3.05, 3.63) is 42.7 Å². The fourth-order valence-corrected chi connectivity index (χ4v) is 5.91. The van der Waals surface area contributed by atoms with Gasteiger partial charge in [-0.1, -0.05) is 25.0 Å². The van der Waals surface area contributed by atoms with Crippen LogP contribution in [0.3, 0.4) is 0 Å². The summed E-state index contributed by atoms with van der Waals surface area (Å²) in [6.07, 6.45) is 11.6. The largest absolute Gasteiger partial charge is 0.378 e. The smallest absolute Gasteiger partial charge is 0.157 e. The van der Waals surface area contributed by atoms with Crippen molar-refractivity contribution < 1.29 is 4.74 Å². The maximum atomic E-state index is 5.49. The van der Waals surface area contributed by atoms with Gasteiger partial charge >= 0.3 is 0 Å². The second-order valence-electron chi connectivity index (χ2n) is 9.63. The van der Waals surface area contributed by atoms with E-state index in [1.165, 1.54) is 44.2 Å². The van der Waals surface area contributed by atoms with Crippen LogP contribution in [0.2, 0.25) is 0 Å². The van der Waals surface area contributed by atoms with Crippen molar-refractivity contribution in [1.82, 2.24) is 15.0 Å².